The van der Waals surface area contributed by atoms with Gasteiger partial charge in [0.25, 0.3) is 0 Å². The highest BCUT2D eigenvalue weighted by atomic mass is 79.9. The molecule has 0 N–H and O–H groups in total. The lowest BCUT2D eigenvalue weighted by molar-refractivity contribution is 1.27. The van der Waals surface area contributed by atoms with Crippen LogP contribution in [0.1, 0.15) is 12.0 Å². The summed E-state index contributed by atoms with van der Waals surface area (Å²) in [6, 6.07) is 7.83. The zero-order valence-corrected chi connectivity index (χ0v) is 8.98. The summed E-state index contributed by atoms with van der Waals surface area (Å²) >= 11 is 9.30. The Morgan fingerprint density at radius 3 is 2.75 bits per heavy atom. The van der Waals surface area contributed by atoms with Gasteiger partial charge in [-0.2, -0.15) is 0 Å². The maximum absolute atomic E-state index is 5.94. The summed E-state index contributed by atoms with van der Waals surface area (Å²) in [5.74, 6) is 0. The molecule has 0 aliphatic rings. The number of benzene rings is 1. The van der Waals surface area contributed by atoms with Gasteiger partial charge in [-0.15, -0.1) is 0 Å². The van der Waals surface area contributed by atoms with Crippen molar-refractivity contribution in [2.45, 2.75) is 6.42 Å². The smallest absolute Gasteiger partial charge is 0.0478 e. The first-order valence-corrected chi connectivity index (χ1v) is 5.31. The van der Waals surface area contributed by atoms with Crippen LogP contribution in [-0.4, -0.2) is 5.33 Å². The highest BCUT2D eigenvalue weighted by molar-refractivity contribution is 9.09. The third-order valence-corrected chi connectivity index (χ3v) is 2.28. The molecule has 1 aromatic carbocycles. The molecule has 0 saturated heterocycles. The summed E-state index contributed by atoms with van der Waals surface area (Å²) in [6.45, 7) is 0. The molecule has 0 aromatic heterocycles. The van der Waals surface area contributed by atoms with Crippen LogP contribution in [0.3, 0.4) is 0 Å². The highest BCUT2D eigenvalue weighted by Crippen LogP contribution is 2.16. The van der Waals surface area contributed by atoms with Crippen LogP contribution in [0.4, 0.5) is 0 Å². The van der Waals surface area contributed by atoms with Gasteiger partial charge in [-0.1, -0.05) is 57.9 Å². The molecule has 2 heteroatoms. The summed E-state index contributed by atoms with van der Waals surface area (Å²) in [5.41, 5.74) is 1.08. The van der Waals surface area contributed by atoms with Crippen LogP contribution in [0.2, 0.25) is 5.02 Å². The van der Waals surface area contributed by atoms with Crippen molar-refractivity contribution in [3.63, 3.8) is 0 Å². The molecule has 0 heterocycles. The molecule has 1 aromatic rings. The third-order valence-electron chi connectivity index (χ3n) is 1.48. The Morgan fingerprint density at radius 2 is 2.08 bits per heavy atom. The van der Waals surface area contributed by atoms with E-state index in [-0.39, 0.29) is 0 Å². The Labute approximate surface area is 86.4 Å². The third kappa shape index (κ3) is 3.00. The first-order valence-electron chi connectivity index (χ1n) is 3.81. The van der Waals surface area contributed by atoms with E-state index < -0.39 is 0 Å². The molecule has 12 heavy (non-hydrogen) atoms. The maximum atomic E-state index is 5.94. The molecule has 0 radical (unpaired) electrons. The van der Waals surface area contributed by atoms with Crippen molar-refractivity contribution in [3.05, 3.63) is 40.9 Å². The van der Waals surface area contributed by atoms with E-state index in [1.165, 1.54) is 0 Å². The standard InChI is InChI=1S/C10H10BrCl/c11-8-4-3-6-9-5-1-2-7-10(9)12/h1-3,5-7H,4,8H2/b6-3+. The predicted octanol–water partition coefficient (Wildman–Crippen LogP) is 4.14. The topological polar surface area (TPSA) is 0 Å². The normalized spacial score (nSPS) is 10.8. The summed E-state index contributed by atoms with van der Waals surface area (Å²) < 4.78 is 0. The molecule has 0 aliphatic heterocycles. The fraction of sp³-hybridized carbons (Fsp3) is 0.200. The largest absolute Gasteiger partial charge is 0.0925 e. The minimum atomic E-state index is 0.809. The maximum Gasteiger partial charge on any atom is 0.0478 e. The highest BCUT2D eigenvalue weighted by Gasteiger charge is 1.91. The quantitative estimate of drug-likeness (QED) is 0.702. The monoisotopic (exact) mass is 244 g/mol. The molecular formula is C10H10BrCl. The van der Waals surface area contributed by atoms with Crippen molar-refractivity contribution in [3.8, 4) is 0 Å². The zero-order valence-electron chi connectivity index (χ0n) is 6.63. The molecule has 0 amide bonds. The zero-order chi connectivity index (χ0) is 8.81. The molecule has 0 saturated carbocycles. The van der Waals surface area contributed by atoms with Crippen LogP contribution in [-0.2, 0) is 0 Å². The van der Waals surface area contributed by atoms with Gasteiger partial charge in [-0.05, 0) is 18.1 Å². The number of halogens is 2. The molecule has 0 aliphatic carbocycles. The molecule has 0 nitrogen and oxygen atoms in total. The Balaban J connectivity index is 2.68. The predicted molar refractivity (Wildman–Crippen MR) is 58.9 cm³/mol. The summed E-state index contributed by atoms with van der Waals surface area (Å²) in [4.78, 5) is 0. The van der Waals surface area contributed by atoms with Gasteiger partial charge in [0.05, 0.1) is 0 Å². The van der Waals surface area contributed by atoms with E-state index in [0.29, 0.717) is 0 Å². The number of alkyl halides is 1. The Bertz CT molecular complexity index is 268. The SMILES string of the molecule is Clc1ccccc1/C=C/CCBr. The number of hydrogen-bond acceptors (Lipinski definition) is 0. The average molecular weight is 246 g/mol. The fourth-order valence-corrected chi connectivity index (χ4v) is 1.35. The number of hydrogen-bond donors (Lipinski definition) is 0. The fourth-order valence-electron chi connectivity index (χ4n) is 0.884. The van der Waals surface area contributed by atoms with Crippen LogP contribution >= 0.6 is 27.5 Å². The van der Waals surface area contributed by atoms with E-state index in [0.717, 1.165) is 22.3 Å². The molecular weight excluding hydrogens is 235 g/mol. The molecule has 0 bridgehead atoms. The van der Waals surface area contributed by atoms with Crippen molar-refractivity contribution in [2.24, 2.45) is 0 Å². The first-order chi connectivity index (χ1) is 5.84. The van der Waals surface area contributed by atoms with Gasteiger partial charge in [0.2, 0.25) is 0 Å². The molecule has 0 unspecified atom stereocenters. The minimum Gasteiger partial charge on any atom is -0.0925 e. The lowest BCUT2D eigenvalue weighted by Crippen LogP contribution is -1.73. The second-order valence-corrected chi connectivity index (χ2v) is 3.60. The Hall–Kier alpha value is -0.270. The van der Waals surface area contributed by atoms with Crippen molar-refractivity contribution in [1.82, 2.24) is 0 Å². The van der Waals surface area contributed by atoms with Crippen LogP contribution < -0.4 is 0 Å². The Morgan fingerprint density at radius 1 is 1.33 bits per heavy atom. The van der Waals surface area contributed by atoms with Crippen LogP contribution in [0, 0.1) is 0 Å². The number of rotatable bonds is 3. The van der Waals surface area contributed by atoms with Gasteiger partial charge in [0.1, 0.15) is 0 Å². The van der Waals surface area contributed by atoms with Crippen LogP contribution in [0.5, 0.6) is 0 Å². The van der Waals surface area contributed by atoms with Crippen molar-refractivity contribution in [1.29, 1.82) is 0 Å². The second-order valence-electron chi connectivity index (χ2n) is 2.40. The molecule has 0 atom stereocenters. The van der Waals surface area contributed by atoms with E-state index in [9.17, 15) is 0 Å². The van der Waals surface area contributed by atoms with E-state index in [2.05, 4.69) is 22.0 Å². The Kier molecular flexibility index (Phi) is 4.41. The van der Waals surface area contributed by atoms with Gasteiger partial charge >= 0.3 is 0 Å². The summed E-state index contributed by atoms with van der Waals surface area (Å²) in [7, 11) is 0. The molecule has 0 spiro atoms. The van der Waals surface area contributed by atoms with Crippen molar-refractivity contribution >= 4 is 33.6 Å². The van der Waals surface area contributed by atoms with Gasteiger partial charge in [-0.3, -0.25) is 0 Å². The lowest BCUT2D eigenvalue weighted by atomic mass is 10.2. The van der Waals surface area contributed by atoms with E-state index in [1.807, 2.05) is 30.3 Å². The van der Waals surface area contributed by atoms with Gasteiger partial charge in [0, 0.05) is 10.4 Å². The van der Waals surface area contributed by atoms with E-state index in [1.54, 1.807) is 0 Å². The first kappa shape index (κ1) is 9.82. The van der Waals surface area contributed by atoms with Crippen molar-refractivity contribution < 1.29 is 0 Å². The number of allylic oxidation sites excluding steroid dienone is 1. The molecule has 1 rings (SSSR count). The molecule has 64 valence electrons. The van der Waals surface area contributed by atoms with E-state index in [4.69, 9.17) is 11.6 Å². The lowest BCUT2D eigenvalue weighted by Gasteiger charge is -1.95. The van der Waals surface area contributed by atoms with Gasteiger partial charge < -0.3 is 0 Å². The summed E-state index contributed by atoms with van der Waals surface area (Å²) in [5, 5.41) is 1.80. The molecule has 0 fully saturated rings. The van der Waals surface area contributed by atoms with Gasteiger partial charge in [-0.25, -0.2) is 0 Å². The van der Waals surface area contributed by atoms with Crippen molar-refractivity contribution in [2.75, 3.05) is 5.33 Å². The summed E-state index contributed by atoms with van der Waals surface area (Å²) in [6.07, 6.45) is 5.19. The van der Waals surface area contributed by atoms with E-state index >= 15 is 0 Å². The second kappa shape index (κ2) is 5.39. The average Bonchev–Trinajstić information content (AvgIpc) is 2.09. The minimum absolute atomic E-state index is 0.809. The van der Waals surface area contributed by atoms with Crippen LogP contribution in [0.25, 0.3) is 6.08 Å². The van der Waals surface area contributed by atoms with Crippen LogP contribution in [0.15, 0.2) is 30.3 Å². The van der Waals surface area contributed by atoms with Gasteiger partial charge in [0.15, 0.2) is 0 Å².